The highest BCUT2D eigenvalue weighted by molar-refractivity contribution is 5.94. The third-order valence-corrected chi connectivity index (χ3v) is 2.62. The van der Waals surface area contributed by atoms with E-state index in [1.54, 1.807) is 26.0 Å². The van der Waals surface area contributed by atoms with Crippen molar-refractivity contribution in [2.75, 3.05) is 0 Å². The number of aryl methyl sites for hydroxylation is 1. The molecule has 0 aliphatic rings. The minimum atomic E-state index is -0.335. The summed E-state index contributed by atoms with van der Waals surface area (Å²) in [6.45, 7) is 3.60. The Kier molecular flexibility index (Phi) is 4.24. The molecule has 104 valence electrons. The highest BCUT2D eigenvalue weighted by Gasteiger charge is 2.05. The van der Waals surface area contributed by atoms with E-state index in [9.17, 15) is 9.18 Å². The van der Waals surface area contributed by atoms with E-state index in [0.717, 1.165) is 0 Å². The van der Waals surface area contributed by atoms with Crippen molar-refractivity contribution in [2.24, 2.45) is 0 Å². The molecule has 0 saturated carbocycles. The summed E-state index contributed by atoms with van der Waals surface area (Å²) in [4.78, 5) is 15.7. The van der Waals surface area contributed by atoms with Crippen molar-refractivity contribution in [1.29, 1.82) is 0 Å². The van der Waals surface area contributed by atoms with Crippen molar-refractivity contribution in [3.63, 3.8) is 0 Å². The first-order chi connectivity index (χ1) is 9.54. The molecule has 0 fully saturated rings. The van der Waals surface area contributed by atoms with E-state index in [4.69, 9.17) is 4.52 Å². The lowest BCUT2D eigenvalue weighted by molar-refractivity contribution is -0.116. The lowest BCUT2D eigenvalue weighted by Gasteiger charge is -2.02. The van der Waals surface area contributed by atoms with Gasteiger partial charge >= 0.3 is 0 Å². The second kappa shape index (κ2) is 6.10. The van der Waals surface area contributed by atoms with Crippen LogP contribution < -0.4 is 5.32 Å². The first-order valence-electron chi connectivity index (χ1n) is 6.06. The van der Waals surface area contributed by atoms with Gasteiger partial charge < -0.3 is 9.84 Å². The molecule has 6 heteroatoms. The van der Waals surface area contributed by atoms with E-state index in [1.165, 1.54) is 18.2 Å². The van der Waals surface area contributed by atoms with E-state index in [2.05, 4.69) is 15.5 Å². The van der Waals surface area contributed by atoms with Gasteiger partial charge in [-0.15, -0.1) is 0 Å². The van der Waals surface area contributed by atoms with E-state index in [1.807, 2.05) is 0 Å². The van der Waals surface area contributed by atoms with Gasteiger partial charge in [0.05, 0.1) is 6.54 Å². The number of hydrogen-bond acceptors (Lipinski definition) is 4. The normalized spacial score (nSPS) is 11.4. The fourth-order valence-electron chi connectivity index (χ4n) is 1.64. The van der Waals surface area contributed by atoms with Crippen molar-refractivity contribution in [1.82, 2.24) is 15.5 Å². The number of nitrogens with zero attached hydrogens (tertiary/aromatic N) is 2. The zero-order valence-corrected chi connectivity index (χ0v) is 11.2. The number of carbonyl (C=O) groups excluding carboxylic acids is 1. The summed E-state index contributed by atoms with van der Waals surface area (Å²) >= 11 is 0. The first-order valence-corrected chi connectivity index (χ1v) is 6.06. The molecular formula is C14H14FN3O2. The van der Waals surface area contributed by atoms with Crippen molar-refractivity contribution in [3.05, 3.63) is 53.4 Å². The van der Waals surface area contributed by atoms with Crippen molar-refractivity contribution < 1.29 is 13.7 Å². The standard InChI is InChI=1S/C14H14FN3O2/c1-9(11-4-3-5-12(15)7-11)6-14(19)16-8-13-17-10(2)20-18-13/h3-7H,8H2,1-2H3,(H,16,19)/b9-6+. The number of carbonyl (C=O) groups is 1. The number of halogens is 1. The highest BCUT2D eigenvalue weighted by Crippen LogP contribution is 2.14. The largest absolute Gasteiger partial charge is 0.345 e. The molecule has 2 rings (SSSR count). The molecule has 0 unspecified atom stereocenters. The fourth-order valence-corrected chi connectivity index (χ4v) is 1.64. The molecule has 5 nitrogen and oxygen atoms in total. The van der Waals surface area contributed by atoms with Gasteiger partial charge in [0.2, 0.25) is 11.8 Å². The second-order valence-corrected chi connectivity index (χ2v) is 4.29. The molecule has 1 N–H and O–H groups in total. The molecule has 0 radical (unpaired) electrons. The number of hydrogen-bond donors (Lipinski definition) is 1. The van der Waals surface area contributed by atoms with E-state index >= 15 is 0 Å². The first kappa shape index (κ1) is 13.9. The van der Waals surface area contributed by atoms with Crippen molar-refractivity contribution in [2.45, 2.75) is 20.4 Å². The van der Waals surface area contributed by atoms with E-state index in [0.29, 0.717) is 22.9 Å². The van der Waals surface area contributed by atoms with Gasteiger partial charge in [0.15, 0.2) is 5.82 Å². The second-order valence-electron chi connectivity index (χ2n) is 4.29. The van der Waals surface area contributed by atoms with Crippen LogP contribution in [0.3, 0.4) is 0 Å². The van der Waals surface area contributed by atoms with Gasteiger partial charge in [0.1, 0.15) is 5.82 Å². The summed E-state index contributed by atoms with van der Waals surface area (Å²) in [5.41, 5.74) is 1.34. The van der Waals surface area contributed by atoms with Crippen molar-refractivity contribution >= 4 is 11.5 Å². The number of benzene rings is 1. The van der Waals surface area contributed by atoms with Gasteiger partial charge in [0.25, 0.3) is 0 Å². The lowest BCUT2D eigenvalue weighted by atomic mass is 10.1. The highest BCUT2D eigenvalue weighted by atomic mass is 19.1. The van der Waals surface area contributed by atoms with Crippen LogP contribution in [0.15, 0.2) is 34.9 Å². The van der Waals surface area contributed by atoms with E-state index < -0.39 is 0 Å². The predicted octanol–water partition coefficient (Wildman–Crippen LogP) is 2.24. The molecule has 1 amide bonds. The van der Waals surface area contributed by atoms with Crippen LogP contribution in [-0.2, 0) is 11.3 Å². The molecule has 0 saturated heterocycles. The lowest BCUT2D eigenvalue weighted by Crippen LogP contribution is -2.21. The van der Waals surface area contributed by atoms with Crippen LogP contribution in [0.2, 0.25) is 0 Å². The number of rotatable bonds is 4. The molecule has 0 atom stereocenters. The van der Waals surface area contributed by atoms with Crippen LogP contribution in [0.4, 0.5) is 4.39 Å². The Hall–Kier alpha value is -2.50. The average molecular weight is 275 g/mol. The maximum absolute atomic E-state index is 13.1. The molecule has 0 aliphatic carbocycles. The maximum Gasteiger partial charge on any atom is 0.244 e. The molecule has 0 aliphatic heterocycles. The third-order valence-electron chi connectivity index (χ3n) is 2.62. The van der Waals surface area contributed by atoms with Crippen LogP contribution in [0, 0.1) is 12.7 Å². The van der Waals surface area contributed by atoms with Gasteiger partial charge in [-0.25, -0.2) is 4.39 Å². The van der Waals surface area contributed by atoms with E-state index in [-0.39, 0.29) is 18.3 Å². The molecule has 0 bridgehead atoms. The van der Waals surface area contributed by atoms with Crippen LogP contribution in [-0.4, -0.2) is 16.0 Å². The van der Waals surface area contributed by atoms with Gasteiger partial charge in [-0.05, 0) is 30.2 Å². The zero-order valence-electron chi connectivity index (χ0n) is 11.2. The Morgan fingerprint density at radius 1 is 1.50 bits per heavy atom. The summed E-state index contributed by atoms with van der Waals surface area (Å²) in [5.74, 6) is 0.223. The molecule has 20 heavy (non-hydrogen) atoms. The Bertz CT molecular complexity index is 649. The topological polar surface area (TPSA) is 68.0 Å². The van der Waals surface area contributed by atoms with Crippen LogP contribution in [0.25, 0.3) is 5.57 Å². The summed E-state index contributed by atoms with van der Waals surface area (Å²) in [7, 11) is 0. The van der Waals surface area contributed by atoms with Crippen LogP contribution in [0.5, 0.6) is 0 Å². The van der Waals surface area contributed by atoms with Gasteiger partial charge in [-0.3, -0.25) is 4.79 Å². The smallest absolute Gasteiger partial charge is 0.244 e. The zero-order chi connectivity index (χ0) is 14.5. The molecule has 1 aromatic carbocycles. The Morgan fingerprint density at radius 2 is 2.30 bits per heavy atom. The predicted molar refractivity (Wildman–Crippen MR) is 70.9 cm³/mol. The van der Waals surface area contributed by atoms with Crippen LogP contribution >= 0.6 is 0 Å². The van der Waals surface area contributed by atoms with Crippen molar-refractivity contribution in [3.8, 4) is 0 Å². The van der Waals surface area contributed by atoms with Gasteiger partial charge in [-0.2, -0.15) is 4.98 Å². The monoisotopic (exact) mass is 275 g/mol. The summed E-state index contributed by atoms with van der Waals surface area (Å²) in [6, 6.07) is 6.07. The molecule has 1 heterocycles. The summed E-state index contributed by atoms with van der Waals surface area (Å²) in [5, 5.41) is 6.30. The number of amides is 1. The minimum absolute atomic E-state index is 0.184. The number of nitrogens with one attached hydrogen (secondary N) is 1. The Balaban J connectivity index is 1.97. The van der Waals surface area contributed by atoms with Gasteiger partial charge in [-0.1, -0.05) is 17.3 Å². The summed E-state index contributed by atoms with van der Waals surface area (Å²) < 4.78 is 17.9. The molecule has 0 spiro atoms. The molecular weight excluding hydrogens is 261 g/mol. The number of allylic oxidation sites excluding steroid dienone is 1. The maximum atomic E-state index is 13.1. The molecule has 2 aromatic rings. The molecule has 1 aromatic heterocycles. The fraction of sp³-hybridized carbons (Fsp3) is 0.214. The van der Waals surface area contributed by atoms with Crippen LogP contribution in [0.1, 0.15) is 24.2 Å². The SMILES string of the molecule is C/C(=C\C(=O)NCc1noc(C)n1)c1cccc(F)c1. The van der Waals surface area contributed by atoms with Gasteiger partial charge in [0, 0.05) is 13.0 Å². The third kappa shape index (κ3) is 3.74. The number of aromatic nitrogens is 2. The average Bonchev–Trinajstić information content (AvgIpc) is 2.82. The Morgan fingerprint density at radius 3 is 2.95 bits per heavy atom. The quantitative estimate of drug-likeness (QED) is 0.869. The minimum Gasteiger partial charge on any atom is -0.345 e. The summed E-state index contributed by atoms with van der Waals surface area (Å²) in [6.07, 6.45) is 1.40. The Labute approximate surface area is 115 Å².